The average Bonchev–Trinajstić information content (AvgIpc) is 2.69. The molecule has 1 heterocycles. The van der Waals surface area contributed by atoms with Crippen LogP contribution in [-0.4, -0.2) is 37.4 Å². The van der Waals surface area contributed by atoms with Crippen molar-refractivity contribution in [3.63, 3.8) is 0 Å². The lowest BCUT2D eigenvalue weighted by Crippen LogP contribution is -2.23. The summed E-state index contributed by atoms with van der Waals surface area (Å²) in [6.45, 7) is 2.08. The Hall–Kier alpha value is -2.37. The van der Waals surface area contributed by atoms with Gasteiger partial charge in [-0.1, -0.05) is 0 Å². The normalized spacial score (nSPS) is 17.5. The highest BCUT2D eigenvalue weighted by molar-refractivity contribution is 5.82. The second-order valence-electron chi connectivity index (χ2n) is 6.21. The fourth-order valence-electron chi connectivity index (χ4n) is 2.64. The van der Waals surface area contributed by atoms with E-state index in [2.05, 4.69) is 4.99 Å². The first-order valence-electron chi connectivity index (χ1n) is 9.09. The molecule has 5 heteroatoms. The molecule has 1 aliphatic heterocycles. The van der Waals surface area contributed by atoms with Gasteiger partial charge in [0.1, 0.15) is 11.5 Å². The Morgan fingerprint density at radius 1 is 1.04 bits per heavy atom. The van der Waals surface area contributed by atoms with Crippen LogP contribution in [0, 0.1) is 0 Å². The molecule has 0 radical (unpaired) electrons. The Balaban J connectivity index is 1.36. The number of hydrogen-bond donors (Lipinski definition) is 1. The van der Waals surface area contributed by atoms with Crippen LogP contribution in [0.3, 0.4) is 0 Å². The summed E-state index contributed by atoms with van der Waals surface area (Å²) in [5, 5.41) is 9.26. The van der Waals surface area contributed by atoms with Crippen molar-refractivity contribution in [3.05, 3.63) is 54.1 Å². The van der Waals surface area contributed by atoms with Crippen molar-refractivity contribution in [2.75, 3.05) is 19.8 Å². The Morgan fingerprint density at radius 2 is 1.85 bits per heavy atom. The van der Waals surface area contributed by atoms with E-state index in [9.17, 15) is 5.11 Å². The van der Waals surface area contributed by atoms with Crippen LogP contribution >= 0.6 is 0 Å². The number of rotatable bonds is 8. The summed E-state index contributed by atoms with van der Waals surface area (Å²) in [6.07, 6.45) is 5.91. The third kappa shape index (κ3) is 6.17. The summed E-state index contributed by atoms with van der Waals surface area (Å²) in [5.74, 6) is 1.07. The molecule has 0 aliphatic carbocycles. The highest BCUT2D eigenvalue weighted by Crippen LogP contribution is 2.17. The molecule has 2 aromatic carbocycles. The van der Waals surface area contributed by atoms with Crippen LogP contribution in [0.15, 0.2) is 53.5 Å². The topological polar surface area (TPSA) is 60.3 Å². The predicted octanol–water partition coefficient (Wildman–Crippen LogP) is 4.45. The van der Waals surface area contributed by atoms with E-state index in [4.69, 9.17) is 14.2 Å². The summed E-state index contributed by atoms with van der Waals surface area (Å²) in [7, 11) is 0. The minimum absolute atomic E-state index is 0.0316. The SMILES string of the molecule is Oc1ccc(/N=C/c2ccc(OCCCOC3CCCCO3)cc2)cc1. The van der Waals surface area contributed by atoms with E-state index in [1.807, 2.05) is 24.3 Å². The summed E-state index contributed by atoms with van der Waals surface area (Å²) in [4.78, 5) is 4.37. The molecule has 1 atom stereocenters. The van der Waals surface area contributed by atoms with Gasteiger partial charge in [-0.3, -0.25) is 4.99 Å². The van der Waals surface area contributed by atoms with Crippen molar-refractivity contribution in [1.29, 1.82) is 0 Å². The Labute approximate surface area is 154 Å². The number of aliphatic imine (C=N–C) groups is 1. The molecular formula is C21H25NO4. The largest absolute Gasteiger partial charge is 0.508 e. The zero-order valence-electron chi connectivity index (χ0n) is 14.8. The van der Waals surface area contributed by atoms with E-state index in [1.165, 1.54) is 6.42 Å². The molecule has 1 fully saturated rings. The molecule has 1 saturated heterocycles. The fourth-order valence-corrected chi connectivity index (χ4v) is 2.64. The van der Waals surface area contributed by atoms with Crippen molar-refractivity contribution < 1.29 is 19.3 Å². The molecule has 0 spiro atoms. The molecule has 3 rings (SSSR count). The molecule has 0 amide bonds. The lowest BCUT2D eigenvalue weighted by atomic mass is 10.2. The lowest BCUT2D eigenvalue weighted by molar-refractivity contribution is -0.163. The Morgan fingerprint density at radius 3 is 2.58 bits per heavy atom. The number of aromatic hydroxyl groups is 1. The molecule has 26 heavy (non-hydrogen) atoms. The monoisotopic (exact) mass is 355 g/mol. The first kappa shape index (κ1) is 18.4. The second-order valence-corrected chi connectivity index (χ2v) is 6.21. The van der Waals surface area contributed by atoms with Gasteiger partial charge in [0.25, 0.3) is 0 Å². The average molecular weight is 355 g/mol. The van der Waals surface area contributed by atoms with E-state index in [0.29, 0.717) is 13.2 Å². The van der Waals surface area contributed by atoms with E-state index in [0.717, 1.165) is 42.9 Å². The van der Waals surface area contributed by atoms with Crippen molar-refractivity contribution >= 4 is 11.9 Å². The number of hydrogen-bond acceptors (Lipinski definition) is 5. The predicted molar refractivity (Wildman–Crippen MR) is 101 cm³/mol. The maximum Gasteiger partial charge on any atom is 0.157 e. The van der Waals surface area contributed by atoms with Crippen LogP contribution < -0.4 is 4.74 Å². The van der Waals surface area contributed by atoms with Gasteiger partial charge in [0.15, 0.2) is 6.29 Å². The zero-order valence-corrected chi connectivity index (χ0v) is 14.8. The summed E-state index contributed by atoms with van der Waals surface area (Å²) < 4.78 is 16.9. The molecular weight excluding hydrogens is 330 g/mol. The maximum absolute atomic E-state index is 9.26. The third-order valence-electron chi connectivity index (χ3n) is 4.09. The van der Waals surface area contributed by atoms with Gasteiger partial charge in [-0.25, -0.2) is 0 Å². The first-order valence-corrected chi connectivity index (χ1v) is 9.09. The van der Waals surface area contributed by atoms with Crippen LogP contribution in [0.4, 0.5) is 5.69 Å². The molecule has 5 nitrogen and oxygen atoms in total. The molecule has 0 saturated carbocycles. The lowest BCUT2D eigenvalue weighted by Gasteiger charge is -2.22. The third-order valence-corrected chi connectivity index (χ3v) is 4.09. The number of ether oxygens (including phenoxy) is 3. The van der Waals surface area contributed by atoms with Gasteiger partial charge < -0.3 is 19.3 Å². The van der Waals surface area contributed by atoms with Crippen LogP contribution in [0.25, 0.3) is 0 Å². The van der Waals surface area contributed by atoms with E-state index >= 15 is 0 Å². The fraction of sp³-hybridized carbons (Fsp3) is 0.381. The Bertz CT molecular complexity index is 676. The van der Waals surface area contributed by atoms with E-state index in [1.54, 1.807) is 30.5 Å². The van der Waals surface area contributed by atoms with Gasteiger partial charge in [-0.2, -0.15) is 0 Å². The van der Waals surface area contributed by atoms with Crippen molar-refractivity contribution in [2.45, 2.75) is 32.0 Å². The van der Waals surface area contributed by atoms with Gasteiger partial charge in [0.2, 0.25) is 0 Å². The van der Waals surface area contributed by atoms with Crippen LogP contribution in [0.1, 0.15) is 31.2 Å². The highest BCUT2D eigenvalue weighted by atomic mass is 16.7. The van der Waals surface area contributed by atoms with Gasteiger partial charge in [0.05, 0.1) is 18.9 Å². The first-order chi connectivity index (χ1) is 12.8. The number of phenolic OH excluding ortho intramolecular Hbond substituents is 1. The molecule has 138 valence electrons. The standard InChI is InChI=1S/C21H25NO4/c23-19-9-7-18(8-10-19)22-16-17-5-11-20(12-6-17)24-14-3-15-26-21-4-1-2-13-25-21/h5-12,16,21,23H,1-4,13-15H2/b22-16+. The van der Waals surface area contributed by atoms with Crippen molar-refractivity contribution in [3.8, 4) is 11.5 Å². The van der Waals surface area contributed by atoms with Crippen LogP contribution in [0.2, 0.25) is 0 Å². The number of phenols is 1. The zero-order chi connectivity index (χ0) is 18.0. The second kappa shape index (κ2) is 9.94. The van der Waals surface area contributed by atoms with Gasteiger partial charge >= 0.3 is 0 Å². The number of benzene rings is 2. The quantitative estimate of drug-likeness (QED) is 0.561. The maximum atomic E-state index is 9.26. The molecule has 2 aromatic rings. The van der Waals surface area contributed by atoms with E-state index < -0.39 is 0 Å². The smallest absolute Gasteiger partial charge is 0.157 e. The van der Waals surface area contributed by atoms with Crippen molar-refractivity contribution in [1.82, 2.24) is 0 Å². The van der Waals surface area contributed by atoms with Crippen LogP contribution in [-0.2, 0) is 9.47 Å². The molecule has 0 bridgehead atoms. The van der Waals surface area contributed by atoms with Crippen molar-refractivity contribution in [2.24, 2.45) is 4.99 Å². The van der Waals surface area contributed by atoms with Crippen LogP contribution in [0.5, 0.6) is 11.5 Å². The van der Waals surface area contributed by atoms with Gasteiger partial charge in [-0.05, 0) is 73.4 Å². The van der Waals surface area contributed by atoms with E-state index in [-0.39, 0.29) is 12.0 Å². The summed E-state index contributed by atoms with van der Waals surface area (Å²) in [6, 6.07) is 14.6. The molecule has 1 unspecified atom stereocenters. The molecule has 0 aromatic heterocycles. The molecule has 1 N–H and O–H groups in total. The number of nitrogens with zero attached hydrogens (tertiary/aromatic N) is 1. The summed E-state index contributed by atoms with van der Waals surface area (Å²) >= 11 is 0. The minimum atomic E-state index is -0.0316. The summed E-state index contributed by atoms with van der Waals surface area (Å²) in [5.41, 5.74) is 1.79. The van der Waals surface area contributed by atoms with Gasteiger partial charge in [-0.15, -0.1) is 0 Å². The van der Waals surface area contributed by atoms with Gasteiger partial charge in [0, 0.05) is 19.2 Å². The Kier molecular flexibility index (Phi) is 7.05. The highest BCUT2D eigenvalue weighted by Gasteiger charge is 2.13. The molecule has 1 aliphatic rings. The minimum Gasteiger partial charge on any atom is -0.508 e.